The smallest absolute Gasteiger partial charge is 0.233 e. The fraction of sp³-hybridized carbons (Fsp3) is 0.667. The van der Waals surface area contributed by atoms with E-state index in [1.165, 1.54) is 25.7 Å². The van der Waals surface area contributed by atoms with E-state index in [0.717, 1.165) is 11.4 Å². The van der Waals surface area contributed by atoms with Crippen molar-refractivity contribution in [1.29, 1.82) is 0 Å². The van der Waals surface area contributed by atoms with E-state index >= 15 is 0 Å². The molecule has 1 heterocycles. The molecule has 0 saturated heterocycles. The maximum atomic E-state index is 11.5. The van der Waals surface area contributed by atoms with E-state index in [1.807, 2.05) is 5.38 Å². The van der Waals surface area contributed by atoms with Crippen LogP contribution in [0, 0.1) is 0 Å². The molecule has 1 amide bonds. The van der Waals surface area contributed by atoms with E-state index in [2.05, 4.69) is 15.6 Å². The number of carbonyl (C=O) groups is 1. The minimum absolute atomic E-state index is 0.0912. The normalized spacial score (nSPS) is 16.2. The van der Waals surface area contributed by atoms with Gasteiger partial charge in [-0.1, -0.05) is 12.8 Å². The summed E-state index contributed by atoms with van der Waals surface area (Å²) in [5.74, 6) is 0.0912. The number of hydrogen-bond donors (Lipinski definition) is 2. The highest BCUT2D eigenvalue weighted by molar-refractivity contribution is 7.09. The number of nitrogens with zero attached hydrogens (tertiary/aromatic N) is 1. The molecule has 4 nitrogen and oxygen atoms in total. The summed E-state index contributed by atoms with van der Waals surface area (Å²) >= 11 is 1.63. The predicted octanol–water partition coefficient (Wildman–Crippen LogP) is 1.33. The molecule has 2 N–H and O–H groups in total. The maximum absolute atomic E-state index is 11.5. The molecule has 0 unspecified atom stereocenters. The van der Waals surface area contributed by atoms with Crippen LogP contribution < -0.4 is 10.6 Å². The van der Waals surface area contributed by atoms with Gasteiger partial charge in [-0.2, -0.15) is 0 Å². The van der Waals surface area contributed by atoms with Crippen LogP contribution in [-0.4, -0.2) is 30.0 Å². The van der Waals surface area contributed by atoms with Crippen LogP contribution in [0.2, 0.25) is 0 Å². The second-order valence-corrected chi connectivity index (χ2v) is 5.37. The molecule has 1 saturated carbocycles. The summed E-state index contributed by atoms with van der Waals surface area (Å²) in [4.78, 5) is 15.7. The van der Waals surface area contributed by atoms with Gasteiger partial charge in [0.1, 0.15) is 0 Å². The lowest BCUT2D eigenvalue weighted by molar-refractivity contribution is -0.120. The molecule has 0 aliphatic heterocycles. The molecule has 0 radical (unpaired) electrons. The Kier molecular flexibility index (Phi) is 4.94. The van der Waals surface area contributed by atoms with E-state index < -0.39 is 0 Å². The highest BCUT2D eigenvalue weighted by Crippen LogP contribution is 2.17. The van der Waals surface area contributed by atoms with E-state index in [0.29, 0.717) is 19.1 Å². The van der Waals surface area contributed by atoms with Crippen LogP contribution in [0.25, 0.3) is 0 Å². The highest BCUT2D eigenvalue weighted by Gasteiger charge is 2.14. The lowest BCUT2D eigenvalue weighted by Gasteiger charge is -2.11. The van der Waals surface area contributed by atoms with Crippen LogP contribution in [-0.2, 0) is 11.2 Å². The molecular formula is C12H19N3OS. The monoisotopic (exact) mass is 253 g/mol. The summed E-state index contributed by atoms with van der Waals surface area (Å²) < 4.78 is 0. The number of amides is 1. The van der Waals surface area contributed by atoms with Crippen molar-refractivity contribution in [3.63, 3.8) is 0 Å². The average molecular weight is 253 g/mol. The summed E-state index contributed by atoms with van der Waals surface area (Å²) in [5, 5.41) is 9.25. The van der Waals surface area contributed by atoms with Crippen molar-refractivity contribution in [1.82, 2.24) is 15.6 Å². The van der Waals surface area contributed by atoms with Gasteiger partial charge in [0.25, 0.3) is 0 Å². The van der Waals surface area contributed by atoms with Gasteiger partial charge < -0.3 is 10.6 Å². The fourth-order valence-corrected chi connectivity index (χ4v) is 2.74. The van der Waals surface area contributed by atoms with Gasteiger partial charge in [0.05, 0.1) is 11.6 Å². The van der Waals surface area contributed by atoms with Gasteiger partial charge in [0, 0.05) is 30.6 Å². The van der Waals surface area contributed by atoms with E-state index in [1.54, 1.807) is 17.5 Å². The van der Waals surface area contributed by atoms with Gasteiger partial charge in [0.2, 0.25) is 5.91 Å². The van der Waals surface area contributed by atoms with Crippen molar-refractivity contribution >= 4 is 17.2 Å². The zero-order chi connectivity index (χ0) is 11.9. The molecule has 94 valence electrons. The van der Waals surface area contributed by atoms with Crippen molar-refractivity contribution in [2.24, 2.45) is 0 Å². The second-order valence-electron chi connectivity index (χ2n) is 4.39. The summed E-state index contributed by atoms with van der Waals surface area (Å²) in [6.45, 7) is 1.13. The van der Waals surface area contributed by atoms with Gasteiger partial charge in [0.15, 0.2) is 0 Å². The van der Waals surface area contributed by atoms with E-state index in [4.69, 9.17) is 0 Å². The molecule has 0 spiro atoms. The molecule has 1 aliphatic rings. The zero-order valence-corrected chi connectivity index (χ0v) is 10.8. The van der Waals surface area contributed by atoms with Crippen LogP contribution in [0.5, 0.6) is 0 Å². The molecule has 1 fully saturated rings. The van der Waals surface area contributed by atoms with E-state index in [9.17, 15) is 4.79 Å². The first-order valence-electron chi connectivity index (χ1n) is 6.23. The second kappa shape index (κ2) is 6.71. The van der Waals surface area contributed by atoms with Crippen LogP contribution in [0.1, 0.15) is 30.7 Å². The Bertz CT molecular complexity index is 334. The summed E-state index contributed by atoms with van der Waals surface area (Å²) in [7, 11) is 0. The van der Waals surface area contributed by atoms with Crippen LogP contribution >= 0.6 is 11.3 Å². The number of rotatable bonds is 6. The minimum Gasteiger partial charge on any atom is -0.355 e. The first kappa shape index (κ1) is 12.5. The third kappa shape index (κ3) is 4.44. The molecule has 1 aromatic heterocycles. The van der Waals surface area contributed by atoms with Gasteiger partial charge in [-0.3, -0.25) is 4.79 Å². The number of aromatic nitrogens is 1. The van der Waals surface area contributed by atoms with Crippen molar-refractivity contribution in [2.75, 3.05) is 13.1 Å². The number of carbonyl (C=O) groups excluding carboxylic acids is 1. The topological polar surface area (TPSA) is 54.0 Å². The summed E-state index contributed by atoms with van der Waals surface area (Å²) in [6.07, 6.45) is 7.64. The van der Waals surface area contributed by atoms with Crippen molar-refractivity contribution in [2.45, 2.75) is 38.1 Å². The summed E-state index contributed by atoms with van der Waals surface area (Å²) in [5.41, 5.74) is 0. The largest absolute Gasteiger partial charge is 0.355 e. The minimum atomic E-state index is 0.0912. The molecule has 5 heteroatoms. The zero-order valence-electron chi connectivity index (χ0n) is 9.95. The Morgan fingerprint density at radius 1 is 1.47 bits per heavy atom. The fourth-order valence-electron chi connectivity index (χ4n) is 2.11. The van der Waals surface area contributed by atoms with Crippen LogP contribution in [0.15, 0.2) is 11.6 Å². The lowest BCUT2D eigenvalue weighted by atomic mass is 10.2. The van der Waals surface area contributed by atoms with Gasteiger partial charge in [-0.25, -0.2) is 4.98 Å². The first-order valence-corrected chi connectivity index (χ1v) is 7.11. The standard InChI is InChI=1S/C12H19N3OS/c16-11(9-15-10-3-1-2-4-10)13-6-5-12-14-7-8-17-12/h7-8,10,15H,1-6,9H2,(H,13,16). The van der Waals surface area contributed by atoms with Crippen LogP contribution in [0.4, 0.5) is 0 Å². The van der Waals surface area contributed by atoms with Gasteiger partial charge >= 0.3 is 0 Å². The van der Waals surface area contributed by atoms with Crippen molar-refractivity contribution in [3.05, 3.63) is 16.6 Å². The van der Waals surface area contributed by atoms with Crippen molar-refractivity contribution < 1.29 is 4.79 Å². The molecule has 0 bridgehead atoms. The Balaban J connectivity index is 1.54. The predicted molar refractivity (Wildman–Crippen MR) is 69.1 cm³/mol. The summed E-state index contributed by atoms with van der Waals surface area (Å²) in [6, 6.07) is 0.555. The Morgan fingerprint density at radius 2 is 2.29 bits per heavy atom. The van der Waals surface area contributed by atoms with Gasteiger partial charge in [-0.05, 0) is 12.8 Å². The Labute approximate surface area is 106 Å². The highest BCUT2D eigenvalue weighted by atomic mass is 32.1. The van der Waals surface area contributed by atoms with Crippen molar-refractivity contribution in [3.8, 4) is 0 Å². The first-order chi connectivity index (χ1) is 8.34. The Hall–Kier alpha value is -0.940. The third-order valence-corrected chi connectivity index (χ3v) is 3.89. The molecule has 1 aromatic rings. The number of nitrogens with one attached hydrogen (secondary N) is 2. The molecule has 1 aliphatic carbocycles. The molecule has 0 atom stereocenters. The number of thiazole rings is 1. The number of hydrogen-bond acceptors (Lipinski definition) is 4. The quantitative estimate of drug-likeness (QED) is 0.804. The molecular weight excluding hydrogens is 234 g/mol. The SMILES string of the molecule is O=C(CNC1CCCC1)NCCc1nccs1. The van der Waals surface area contributed by atoms with Gasteiger partial charge in [-0.15, -0.1) is 11.3 Å². The molecule has 2 rings (SSSR count). The lowest BCUT2D eigenvalue weighted by Crippen LogP contribution is -2.38. The van der Waals surface area contributed by atoms with E-state index in [-0.39, 0.29) is 5.91 Å². The third-order valence-electron chi connectivity index (χ3n) is 3.05. The van der Waals surface area contributed by atoms with Crippen LogP contribution in [0.3, 0.4) is 0 Å². The average Bonchev–Trinajstić information content (AvgIpc) is 2.99. The molecule has 0 aromatic carbocycles. The molecule has 17 heavy (non-hydrogen) atoms. The maximum Gasteiger partial charge on any atom is 0.233 e. The Morgan fingerprint density at radius 3 is 3.00 bits per heavy atom.